The number of fused-ring (bicyclic) bond motifs is 1. The second-order valence-corrected chi connectivity index (χ2v) is 5.89. The fourth-order valence-electron chi connectivity index (χ4n) is 3.18. The van der Waals surface area contributed by atoms with E-state index in [0.717, 1.165) is 24.1 Å². The van der Waals surface area contributed by atoms with Crippen LogP contribution in [0.25, 0.3) is 5.65 Å². The minimum atomic E-state index is -0.764. The van der Waals surface area contributed by atoms with Crippen molar-refractivity contribution < 1.29 is 14.7 Å². The van der Waals surface area contributed by atoms with Gasteiger partial charge < -0.3 is 14.8 Å². The molecule has 22 heavy (non-hydrogen) atoms. The maximum absolute atomic E-state index is 12.2. The lowest BCUT2D eigenvalue weighted by atomic mass is 9.96. The molecular weight excluding hydrogens is 282 g/mol. The van der Waals surface area contributed by atoms with E-state index in [1.807, 2.05) is 29.7 Å². The topological polar surface area (TPSA) is 83.7 Å². The van der Waals surface area contributed by atoms with Gasteiger partial charge in [-0.2, -0.15) is 0 Å². The SMILES string of the molecule is Cc1cccn2cc(C(=O)NCC3CCCC3C(=O)O)nc12. The fraction of sp³-hybridized carbons (Fsp3) is 0.438. The predicted molar refractivity (Wildman–Crippen MR) is 80.7 cm³/mol. The van der Waals surface area contributed by atoms with Crippen molar-refractivity contribution in [1.82, 2.24) is 14.7 Å². The lowest BCUT2D eigenvalue weighted by Gasteiger charge is -2.15. The number of rotatable bonds is 4. The molecule has 2 heterocycles. The molecule has 1 amide bonds. The Morgan fingerprint density at radius 1 is 1.45 bits per heavy atom. The van der Waals surface area contributed by atoms with Crippen LogP contribution in [0, 0.1) is 18.8 Å². The lowest BCUT2D eigenvalue weighted by Crippen LogP contribution is -2.33. The summed E-state index contributed by atoms with van der Waals surface area (Å²) in [7, 11) is 0. The van der Waals surface area contributed by atoms with Crippen LogP contribution in [0.5, 0.6) is 0 Å². The van der Waals surface area contributed by atoms with Gasteiger partial charge in [-0.1, -0.05) is 12.5 Å². The number of aliphatic carboxylic acids is 1. The van der Waals surface area contributed by atoms with Crippen LogP contribution in [-0.4, -0.2) is 32.9 Å². The van der Waals surface area contributed by atoms with E-state index in [-0.39, 0.29) is 17.7 Å². The Bertz CT molecular complexity index is 722. The molecule has 3 rings (SSSR count). The number of nitrogens with one attached hydrogen (secondary N) is 1. The van der Waals surface area contributed by atoms with E-state index in [4.69, 9.17) is 5.11 Å². The van der Waals surface area contributed by atoms with Crippen molar-refractivity contribution in [3.63, 3.8) is 0 Å². The third-order valence-corrected chi connectivity index (χ3v) is 4.41. The van der Waals surface area contributed by atoms with Gasteiger partial charge in [-0.25, -0.2) is 4.98 Å². The van der Waals surface area contributed by atoms with E-state index in [1.165, 1.54) is 0 Å². The Labute approximate surface area is 128 Å². The first-order valence-electron chi connectivity index (χ1n) is 7.51. The molecule has 0 bridgehead atoms. The molecule has 2 atom stereocenters. The normalized spacial score (nSPS) is 21.1. The molecule has 1 fully saturated rings. The number of imidazole rings is 1. The van der Waals surface area contributed by atoms with Crippen LogP contribution in [0.3, 0.4) is 0 Å². The molecule has 0 aromatic carbocycles. The van der Waals surface area contributed by atoms with Crippen LogP contribution in [-0.2, 0) is 4.79 Å². The second kappa shape index (κ2) is 5.79. The number of carbonyl (C=O) groups is 2. The minimum absolute atomic E-state index is 0.0141. The summed E-state index contributed by atoms with van der Waals surface area (Å²) in [6.45, 7) is 2.34. The highest BCUT2D eigenvalue weighted by Crippen LogP contribution is 2.31. The van der Waals surface area contributed by atoms with E-state index in [0.29, 0.717) is 18.7 Å². The Hall–Kier alpha value is -2.37. The Kier molecular flexibility index (Phi) is 3.83. The van der Waals surface area contributed by atoms with Gasteiger partial charge in [-0.3, -0.25) is 9.59 Å². The van der Waals surface area contributed by atoms with Crippen LogP contribution in [0.4, 0.5) is 0 Å². The van der Waals surface area contributed by atoms with Gasteiger partial charge in [-0.15, -0.1) is 0 Å². The van der Waals surface area contributed by atoms with Crippen molar-refractivity contribution in [3.05, 3.63) is 35.8 Å². The highest BCUT2D eigenvalue weighted by atomic mass is 16.4. The number of carboxylic acids is 1. The smallest absolute Gasteiger partial charge is 0.306 e. The average molecular weight is 301 g/mol. The Morgan fingerprint density at radius 2 is 2.27 bits per heavy atom. The van der Waals surface area contributed by atoms with Gasteiger partial charge >= 0.3 is 5.97 Å². The third kappa shape index (κ3) is 2.68. The first-order valence-corrected chi connectivity index (χ1v) is 7.51. The molecule has 0 saturated heterocycles. The van der Waals surface area contributed by atoms with Crippen LogP contribution in [0.2, 0.25) is 0 Å². The zero-order valence-corrected chi connectivity index (χ0v) is 12.5. The molecule has 2 aromatic heterocycles. The molecule has 2 unspecified atom stereocenters. The summed E-state index contributed by atoms with van der Waals surface area (Å²) in [6, 6.07) is 3.85. The maximum atomic E-state index is 12.2. The number of aromatic nitrogens is 2. The molecule has 1 aliphatic rings. The summed E-state index contributed by atoms with van der Waals surface area (Å²) in [5, 5.41) is 12.0. The van der Waals surface area contributed by atoms with E-state index in [1.54, 1.807) is 6.20 Å². The first kappa shape index (κ1) is 14.6. The molecule has 6 nitrogen and oxygen atoms in total. The van der Waals surface area contributed by atoms with Crippen molar-refractivity contribution in [2.75, 3.05) is 6.54 Å². The highest BCUT2D eigenvalue weighted by molar-refractivity contribution is 5.93. The van der Waals surface area contributed by atoms with Gasteiger partial charge in [0.2, 0.25) is 0 Å². The molecule has 6 heteroatoms. The van der Waals surface area contributed by atoms with Crippen LogP contribution < -0.4 is 5.32 Å². The third-order valence-electron chi connectivity index (χ3n) is 4.41. The quantitative estimate of drug-likeness (QED) is 0.903. The molecule has 2 N–H and O–H groups in total. The zero-order chi connectivity index (χ0) is 15.7. The molecule has 0 radical (unpaired) electrons. The number of pyridine rings is 1. The van der Waals surface area contributed by atoms with Gasteiger partial charge in [0.15, 0.2) is 0 Å². The number of aryl methyl sites for hydroxylation is 1. The van der Waals surface area contributed by atoms with Crippen molar-refractivity contribution in [2.24, 2.45) is 11.8 Å². The van der Waals surface area contributed by atoms with E-state index in [9.17, 15) is 9.59 Å². The van der Waals surface area contributed by atoms with Crippen LogP contribution in [0.15, 0.2) is 24.5 Å². The zero-order valence-electron chi connectivity index (χ0n) is 12.5. The van der Waals surface area contributed by atoms with E-state index in [2.05, 4.69) is 10.3 Å². The van der Waals surface area contributed by atoms with Gasteiger partial charge in [0.1, 0.15) is 11.3 Å². The summed E-state index contributed by atoms with van der Waals surface area (Å²) in [5.41, 5.74) is 2.12. The molecular formula is C16H19N3O3. The number of hydrogen-bond acceptors (Lipinski definition) is 3. The number of carboxylic acid groups (broad SMARTS) is 1. The molecule has 0 aliphatic heterocycles. The summed E-state index contributed by atoms with van der Waals surface area (Å²) in [6.07, 6.45) is 6.00. The molecule has 1 aliphatic carbocycles. The number of amides is 1. The first-order chi connectivity index (χ1) is 10.6. The monoisotopic (exact) mass is 301 g/mol. The van der Waals surface area contributed by atoms with Crippen LogP contribution >= 0.6 is 0 Å². The van der Waals surface area contributed by atoms with Gasteiger partial charge in [0, 0.05) is 18.9 Å². The Morgan fingerprint density at radius 3 is 3.00 bits per heavy atom. The van der Waals surface area contributed by atoms with Crippen molar-refractivity contribution in [2.45, 2.75) is 26.2 Å². The fourth-order valence-corrected chi connectivity index (χ4v) is 3.18. The Balaban J connectivity index is 1.68. The predicted octanol–water partition coefficient (Wildman–Crippen LogP) is 1.87. The number of hydrogen-bond donors (Lipinski definition) is 2. The summed E-state index contributed by atoms with van der Waals surface area (Å²) in [5.74, 6) is -1.34. The summed E-state index contributed by atoms with van der Waals surface area (Å²) < 4.78 is 1.82. The summed E-state index contributed by atoms with van der Waals surface area (Å²) >= 11 is 0. The number of nitrogens with zero attached hydrogens (tertiary/aromatic N) is 2. The molecule has 1 saturated carbocycles. The second-order valence-electron chi connectivity index (χ2n) is 5.89. The van der Waals surface area contributed by atoms with Crippen molar-refractivity contribution in [3.8, 4) is 0 Å². The standard InChI is InChI=1S/C16H19N3O3/c1-10-4-3-7-19-9-13(18-14(10)19)15(20)17-8-11-5-2-6-12(11)16(21)22/h3-4,7,9,11-12H,2,5-6,8H2,1H3,(H,17,20)(H,21,22). The van der Waals surface area contributed by atoms with Gasteiger partial charge in [0.05, 0.1) is 5.92 Å². The van der Waals surface area contributed by atoms with E-state index < -0.39 is 5.97 Å². The van der Waals surface area contributed by atoms with Crippen molar-refractivity contribution in [1.29, 1.82) is 0 Å². The molecule has 0 spiro atoms. The van der Waals surface area contributed by atoms with Gasteiger partial charge in [0.25, 0.3) is 5.91 Å². The highest BCUT2D eigenvalue weighted by Gasteiger charge is 2.33. The van der Waals surface area contributed by atoms with Crippen molar-refractivity contribution >= 4 is 17.5 Å². The maximum Gasteiger partial charge on any atom is 0.306 e. The largest absolute Gasteiger partial charge is 0.481 e. The lowest BCUT2D eigenvalue weighted by molar-refractivity contribution is -0.142. The van der Waals surface area contributed by atoms with Gasteiger partial charge in [-0.05, 0) is 37.3 Å². The average Bonchev–Trinajstić information content (AvgIpc) is 3.12. The van der Waals surface area contributed by atoms with E-state index >= 15 is 0 Å². The number of carbonyl (C=O) groups excluding carboxylic acids is 1. The summed E-state index contributed by atoms with van der Waals surface area (Å²) in [4.78, 5) is 27.7. The van der Waals surface area contributed by atoms with Crippen LogP contribution in [0.1, 0.15) is 35.3 Å². The molecule has 2 aromatic rings. The minimum Gasteiger partial charge on any atom is -0.481 e. The molecule has 116 valence electrons.